The number of terminal acetylenes is 1. The van der Waals surface area contributed by atoms with E-state index in [1.54, 1.807) is 37.2 Å². The molecule has 0 saturated carbocycles. The quantitative estimate of drug-likeness (QED) is 0.442. The molecule has 21 heavy (non-hydrogen) atoms. The molecule has 0 aliphatic carbocycles. The number of rotatable bonds is 5. The van der Waals surface area contributed by atoms with Crippen molar-refractivity contribution in [2.75, 3.05) is 20.2 Å². The highest BCUT2D eigenvalue weighted by Crippen LogP contribution is 2.20. The molecule has 0 radical (unpaired) electrons. The van der Waals surface area contributed by atoms with E-state index in [0.29, 0.717) is 30.5 Å². The van der Waals surface area contributed by atoms with Crippen LogP contribution in [0.5, 0.6) is 0 Å². The van der Waals surface area contributed by atoms with Crippen LogP contribution < -0.4 is 0 Å². The first-order chi connectivity index (χ1) is 10.1. The van der Waals surface area contributed by atoms with Crippen LogP contribution in [-0.4, -0.2) is 31.2 Å². The fourth-order valence-corrected chi connectivity index (χ4v) is 2.14. The average Bonchev–Trinajstić information content (AvgIpc) is 2.49. The Kier molecular flexibility index (Phi) is 7.17. The minimum absolute atomic E-state index is 0.311. The predicted octanol–water partition coefficient (Wildman–Crippen LogP) is 3.48. The van der Waals surface area contributed by atoms with Gasteiger partial charge in [0.15, 0.2) is 0 Å². The number of allylic oxidation sites excluding steroid dienone is 4. The van der Waals surface area contributed by atoms with Crippen LogP contribution in [0.2, 0.25) is 0 Å². The van der Waals surface area contributed by atoms with Gasteiger partial charge in [0.05, 0.1) is 7.11 Å². The molecule has 1 aliphatic rings. The number of likely N-dealkylation sites (tertiary alicyclic amines) is 1. The maximum Gasteiger partial charge on any atom is 0.414 e. The van der Waals surface area contributed by atoms with Gasteiger partial charge in [0.1, 0.15) is 11.5 Å². The van der Waals surface area contributed by atoms with Gasteiger partial charge in [0, 0.05) is 19.5 Å². The minimum Gasteiger partial charge on any atom is -0.497 e. The third kappa shape index (κ3) is 5.78. The molecular formula is C17H23NO3. The average molecular weight is 289 g/mol. The first-order valence-corrected chi connectivity index (χ1v) is 7.06. The lowest BCUT2D eigenvalue weighted by Crippen LogP contribution is -2.38. The monoisotopic (exact) mass is 289 g/mol. The Hall–Kier alpha value is -2.15. The van der Waals surface area contributed by atoms with Crippen molar-refractivity contribution in [1.82, 2.24) is 4.90 Å². The zero-order valence-corrected chi connectivity index (χ0v) is 12.8. The maximum absolute atomic E-state index is 12.0. The molecule has 0 spiro atoms. The van der Waals surface area contributed by atoms with Gasteiger partial charge in [0.25, 0.3) is 0 Å². The molecule has 1 heterocycles. The number of nitrogens with zero attached hydrogens (tertiary/aromatic N) is 1. The first kappa shape index (κ1) is 16.9. The number of ether oxygens (including phenoxy) is 2. The number of carbonyl (C=O) groups is 1. The number of hydrogen-bond donors (Lipinski definition) is 0. The van der Waals surface area contributed by atoms with E-state index in [1.165, 1.54) is 0 Å². The lowest BCUT2D eigenvalue weighted by molar-refractivity contribution is 0.111. The number of hydrogen-bond acceptors (Lipinski definition) is 3. The molecule has 0 unspecified atom stereocenters. The van der Waals surface area contributed by atoms with E-state index in [-0.39, 0.29) is 6.09 Å². The molecule has 4 heteroatoms. The number of amides is 1. The van der Waals surface area contributed by atoms with Crippen LogP contribution in [-0.2, 0) is 9.47 Å². The van der Waals surface area contributed by atoms with E-state index in [2.05, 4.69) is 12.5 Å². The zero-order valence-electron chi connectivity index (χ0n) is 12.8. The maximum atomic E-state index is 12.0. The third-order valence-corrected chi connectivity index (χ3v) is 3.45. The van der Waals surface area contributed by atoms with Crippen molar-refractivity contribution in [2.45, 2.75) is 26.2 Å². The molecule has 0 aromatic rings. The van der Waals surface area contributed by atoms with Crippen LogP contribution in [0.1, 0.15) is 26.2 Å². The standard InChI is InChI=1S/C17H23NO3/c1-5-7-15-10-12-18(13-11-15)17(19)21-14(3)8-9-16(6-2)20-4/h1,6,8-9,15H,2,7,10-13H2,3-4H3/b14-8+,16-9+. The molecule has 0 atom stereocenters. The van der Waals surface area contributed by atoms with Crippen molar-refractivity contribution >= 4 is 6.09 Å². The van der Waals surface area contributed by atoms with Crippen LogP contribution in [0.4, 0.5) is 4.79 Å². The van der Waals surface area contributed by atoms with Crippen LogP contribution in [0.3, 0.4) is 0 Å². The van der Waals surface area contributed by atoms with Crippen molar-refractivity contribution in [3.8, 4) is 12.3 Å². The van der Waals surface area contributed by atoms with Gasteiger partial charge < -0.3 is 14.4 Å². The van der Waals surface area contributed by atoms with Crippen molar-refractivity contribution < 1.29 is 14.3 Å². The fourth-order valence-electron chi connectivity index (χ4n) is 2.14. The Morgan fingerprint density at radius 3 is 2.62 bits per heavy atom. The van der Waals surface area contributed by atoms with Crippen LogP contribution >= 0.6 is 0 Å². The predicted molar refractivity (Wildman–Crippen MR) is 83.3 cm³/mol. The van der Waals surface area contributed by atoms with Crippen LogP contribution in [0.25, 0.3) is 0 Å². The second-order valence-corrected chi connectivity index (χ2v) is 4.96. The highest BCUT2D eigenvalue weighted by molar-refractivity contribution is 5.68. The Morgan fingerprint density at radius 1 is 1.43 bits per heavy atom. The van der Waals surface area contributed by atoms with E-state index in [4.69, 9.17) is 15.9 Å². The van der Waals surface area contributed by atoms with Gasteiger partial charge in [-0.15, -0.1) is 12.3 Å². The second-order valence-electron chi connectivity index (χ2n) is 4.96. The van der Waals surface area contributed by atoms with Gasteiger partial charge in [-0.1, -0.05) is 6.58 Å². The van der Waals surface area contributed by atoms with Crippen LogP contribution in [0.15, 0.2) is 36.3 Å². The summed E-state index contributed by atoms with van der Waals surface area (Å²) < 4.78 is 10.3. The lowest BCUT2D eigenvalue weighted by atomic mass is 9.94. The van der Waals surface area contributed by atoms with Crippen molar-refractivity contribution in [3.05, 3.63) is 36.3 Å². The third-order valence-electron chi connectivity index (χ3n) is 3.45. The van der Waals surface area contributed by atoms with Gasteiger partial charge in [-0.25, -0.2) is 4.79 Å². The lowest BCUT2D eigenvalue weighted by Gasteiger charge is -2.30. The molecule has 0 bridgehead atoms. The molecule has 114 valence electrons. The van der Waals surface area contributed by atoms with E-state index in [0.717, 1.165) is 19.3 Å². The van der Waals surface area contributed by atoms with E-state index < -0.39 is 0 Å². The summed E-state index contributed by atoms with van der Waals surface area (Å²) >= 11 is 0. The summed E-state index contributed by atoms with van der Waals surface area (Å²) in [4.78, 5) is 13.7. The summed E-state index contributed by atoms with van der Waals surface area (Å²) in [7, 11) is 1.56. The molecule has 0 aromatic carbocycles. The molecule has 1 fully saturated rings. The van der Waals surface area contributed by atoms with E-state index >= 15 is 0 Å². The Morgan fingerprint density at radius 2 is 2.10 bits per heavy atom. The Balaban J connectivity index is 2.47. The molecule has 1 aliphatic heterocycles. The van der Waals surface area contributed by atoms with Gasteiger partial charge in [0.2, 0.25) is 0 Å². The first-order valence-electron chi connectivity index (χ1n) is 7.06. The van der Waals surface area contributed by atoms with Crippen LogP contribution in [0, 0.1) is 18.3 Å². The fraction of sp³-hybridized carbons (Fsp3) is 0.471. The van der Waals surface area contributed by atoms with Gasteiger partial charge in [-0.2, -0.15) is 0 Å². The molecular weight excluding hydrogens is 266 g/mol. The normalized spacial score (nSPS) is 17.1. The molecule has 4 nitrogen and oxygen atoms in total. The van der Waals surface area contributed by atoms with E-state index in [1.807, 2.05) is 0 Å². The topological polar surface area (TPSA) is 38.8 Å². The van der Waals surface area contributed by atoms with Gasteiger partial charge in [-0.05, 0) is 43.9 Å². The molecule has 1 rings (SSSR count). The summed E-state index contributed by atoms with van der Waals surface area (Å²) in [5, 5.41) is 0. The minimum atomic E-state index is -0.311. The molecule has 0 aromatic heterocycles. The summed E-state index contributed by atoms with van der Waals surface area (Å²) in [5.74, 6) is 4.33. The van der Waals surface area contributed by atoms with Gasteiger partial charge in [-0.3, -0.25) is 0 Å². The molecule has 1 amide bonds. The number of methoxy groups -OCH3 is 1. The van der Waals surface area contributed by atoms with Crippen molar-refractivity contribution in [1.29, 1.82) is 0 Å². The highest BCUT2D eigenvalue weighted by atomic mass is 16.6. The number of carbonyl (C=O) groups excluding carboxylic acids is 1. The summed E-state index contributed by atoms with van der Waals surface area (Å²) in [6.45, 7) is 6.74. The summed E-state index contributed by atoms with van der Waals surface area (Å²) in [6.07, 6.45) is 12.6. The summed E-state index contributed by atoms with van der Waals surface area (Å²) in [6, 6.07) is 0. The van der Waals surface area contributed by atoms with Gasteiger partial charge >= 0.3 is 6.09 Å². The molecule has 0 N–H and O–H groups in total. The van der Waals surface area contributed by atoms with Crippen molar-refractivity contribution in [2.24, 2.45) is 5.92 Å². The zero-order chi connectivity index (χ0) is 15.7. The van der Waals surface area contributed by atoms with Crippen molar-refractivity contribution in [3.63, 3.8) is 0 Å². The molecule has 1 saturated heterocycles. The second kappa shape index (κ2) is 8.91. The Bertz CT molecular complexity index is 463. The largest absolute Gasteiger partial charge is 0.497 e. The summed E-state index contributed by atoms with van der Waals surface area (Å²) in [5.41, 5.74) is 0. The highest BCUT2D eigenvalue weighted by Gasteiger charge is 2.23. The SMILES string of the molecule is C#CCC1CCN(C(=O)O/C(C)=C/C=C(\C=C)OC)CC1. The number of piperidine rings is 1. The van der Waals surface area contributed by atoms with E-state index in [9.17, 15) is 4.79 Å². The smallest absolute Gasteiger partial charge is 0.414 e. The Labute approximate surface area is 127 Å².